The number of aromatic nitrogens is 2. The van der Waals surface area contributed by atoms with E-state index in [4.69, 9.17) is 0 Å². The summed E-state index contributed by atoms with van der Waals surface area (Å²) >= 11 is 6.86. The normalized spacial score (nSPS) is 10.5. The predicted octanol–water partition coefficient (Wildman–Crippen LogP) is 3.53. The van der Waals surface area contributed by atoms with E-state index in [2.05, 4.69) is 37.3 Å². The van der Waals surface area contributed by atoms with Crippen LogP contribution in [0, 0.1) is 0 Å². The Morgan fingerprint density at radius 1 is 1.62 bits per heavy atom. The number of nitrogens with one attached hydrogen (secondary N) is 1. The zero-order valence-electron chi connectivity index (χ0n) is 6.66. The largest absolute Gasteiger partial charge is 0.340 e. The van der Waals surface area contributed by atoms with Crippen LogP contribution in [0.1, 0.15) is 5.56 Å². The molecule has 0 unspecified atom stereocenters. The number of rotatable bonds is 3. The lowest BCUT2D eigenvalue weighted by Crippen LogP contribution is -1.77. The van der Waals surface area contributed by atoms with Gasteiger partial charge in [-0.05, 0) is 32.9 Å². The SMILES string of the molecule is Brc1cc(CSc2ncc[nH]2)cs1. The highest BCUT2D eigenvalue weighted by molar-refractivity contribution is 9.11. The molecule has 0 saturated carbocycles. The van der Waals surface area contributed by atoms with E-state index in [-0.39, 0.29) is 0 Å². The molecule has 68 valence electrons. The van der Waals surface area contributed by atoms with Crippen molar-refractivity contribution in [1.29, 1.82) is 0 Å². The monoisotopic (exact) mass is 274 g/mol. The summed E-state index contributed by atoms with van der Waals surface area (Å²) in [5.74, 6) is 0.968. The highest BCUT2D eigenvalue weighted by Crippen LogP contribution is 2.25. The average molecular weight is 275 g/mol. The summed E-state index contributed by atoms with van der Waals surface area (Å²) in [6.45, 7) is 0. The molecule has 0 aliphatic heterocycles. The van der Waals surface area contributed by atoms with Gasteiger partial charge in [-0.2, -0.15) is 0 Å². The summed E-state index contributed by atoms with van der Waals surface area (Å²) in [5, 5.41) is 3.13. The van der Waals surface area contributed by atoms with Crippen molar-refractivity contribution in [3.05, 3.63) is 33.2 Å². The smallest absolute Gasteiger partial charge is 0.165 e. The Bertz CT molecular complexity index is 369. The van der Waals surface area contributed by atoms with Crippen LogP contribution in [0.3, 0.4) is 0 Å². The van der Waals surface area contributed by atoms with Crippen molar-refractivity contribution in [2.75, 3.05) is 0 Å². The van der Waals surface area contributed by atoms with Crippen LogP contribution in [-0.2, 0) is 5.75 Å². The molecule has 13 heavy (non-hydrogen) atoms. The molecule has 0 radical (unpaired) electrons. The molecule has 0 aliphatic carbocycles. The van der Waals surface area contributed by atoms with Gasteiger partial charge in [-0.25, -0.2) is 4.98 Å². The molecule has 0 aliphatic rings. The number of aromatic amines is 1. The molecule has 0 fully saturated rings. The Morgan fingerprint density at radius 2 is 2.54 bits per heavy atom. The number of hydrogen-bond donors (Lipinski definition) is 1. The molecule has 0 atom stereocenters. The van der Waals surface area contributed by atoms with E-state index in [1.165, 1.54) is 9.35 Å². The fourth-order valence-electron chi connectivity index (χ4n) is 0.903. The Hall–Kier alpha value is -0.260. The minimum atomic E-state index is 0.968. The molecule has 2 heterocycles. The number of imidazole rings is 1. The molecular formula is C8H7BrN2S2. The van der Waals surface area contributed by atoms with Gasteiger partial charge in [-0.15, -0.1) is 11.3 Å². The fraction of sp³-hybridized carbons (Fsp3) is 0.125. The van der Waals surface area contributed by atoms with Crippen LogP contribution in [0.4, 0.5) is 0 Å². The Labute approximate surface area is 92.9 Å². The molecule has 1 N–H and O–H groups in total. The summed E-state index contributed by atoms with van der Waals surface area (Å²) in [7, 11) is 0. The zero-order valence-corrected chi connectivity index (χ0v) is 9.88. The molecule has 0 spiro atoms. The summed E-state index contributed by atoms with van der Waals surface area (Å²) < 4.78 is 1.18. The van der Waals surface area contributed by atoms with Crippen LogP contribution in [-0.4, -0.2) is 9.97 Å². The van der Waals surface area contributed by atoms with E-state index < -0.39 is 0 Å². The van der Waals surface area contributed by atoms with Gasteiger partial charge in [-0.1, -0.05) is 11.8 Å². The van der Waals surface area contributed by atoms with Crippen molar-refractivity contribution < 1.29 is 0 Å². The van der Waals surface area contributed by atoms with Crippen LogP contribution in [0.2, 0.25) is 0 Å². The van der Waals surface area contributed by atoms with Crippen LogP contribution in [0.15, 0.2) is 32.8 Å². The van der Waals surface area contributed by atoms with Crippen molar-refractivity contribution >= 4 is 39.0 Å². The van der Waals surface area contributed by atoms with Crippen LogP contribution < -0.4 is 0 Å². The lowest BCUT2D eigenvalue weighted by molar-refractivity contribution is 1.06. The van der Waals surface area contributed by atoms with Gasteiger partial charge in [0.2, 0.25) is 0 Å². The molecular weight excluding hydrogens is 268 g/mol. The number of halogens is 1. The van der Waals surface area contributed by atoms with E-state index in [0.29, 0.717) is 0 Å². The number of thiophene rings is 1. The fourth-order valence-corrected chi connectivity index (χ4v) is 2.97. The van der Waals surface area contributed by atoms with Crippen molar-refractivity contribution in [3.8, 4) is 0 Å². The maximum atomic E-state index is 4.14. The highest BCUT2D eigenvalue weighted by atomic mass is 79.9. The van der Waals surface area contributed by atoms with Crippen molar-refractivity contribution in [3.63, 3.8) is 0 Å². The lowest BCUT2D eigenvalue weighted by Gasteiger charge is -1.93. The average Bonchev–Trinajstić information content (AvgIpc) is 2.71. The van der Waals surface area contributed by atoms with Crippen molar-refractivity contribution in [2.45, 2.75) is 10.9 Å². The van der Waals surface area contributed by atoms with Gasteiger partial charge >= 0.3 is 0 Å². The van der Waals surface area contributed by atoms with Crippen LogP contribution in [0.25, 0.3) is 0 Å². The molecule has 0 bridgehead atoms. The second-order valence-corrected chi connectivity index (χ2v) is 5.70. The first-order valence-corrected chi connectivity index (χ1v) is 6.35. The summed E-state index contributed by atoms with van der Waals surface area (Å²) in [5.41, 5.74) is 1.33. The third-order valence-electron chi connectivity index (χ3n) is 1.47. The number of nitrogens with zero attached hydrogens (tertiary/aromatic N) is 1. The minimum Gasteiger partial charge on any atom is -0.340 e. The maximum Gasteiger partial charge on any atom is 0.165 e. The first kappa shape index (κ1) is 9.30. The third kappa shape index (κ3) is 2.59. The predicted molar refractivity (Wildman–Crippen MR) is 60.2 cm³/mol. The number of H-pyrrole nitrogens is 1. The van der Waals surface area contributed by atoms with Crippen molar-refractivity contribution in [2.24, 2.45) is 0 Å². The van der Waals surface area contributed by atoms with Gasteiger partial charge in [0.1, 0.15) is 0 Å². The topological polar surface area (TPSA) is 28.7 Å². The molecule has 2 aromatic heterocycles. The molecule has 0 saturated heterocycles. The summed E-state index contributed by atoms with van der Waals surface area (Å²) in [6.07, 6.45) is 3.61. The quantitative estimate of drug-likeness (QED) is 0.868. The minimum absolute atomic E-state index is 0.968. The Balaban J connectivity index is 1.93. The van der Waals surface area contributed by atoms with E-state index in [1.807, 2.05) is 6.20 Å². The van der Waals surface area contributed by atoms with Crippen LogP contribution in [0.5, 0.6) is 0 Å². The standard InChI is InChI=1S/C8H7BrN2S2/c9-7-3-6(4-12-7)5-13-8-10-1-2-11-8/h1-4H,5H2,(H,10,11). The Morgan fingerprint density at radius 3 is 3.15 bits per heavy atom. The number of thioether (sulfide) groups is 1. The van der Waals surface area contributed by atoms with Gasteiger partial charge in [0, 0.05) is 18.1 Å². The molecule has 2 nitrogen and oxygen atoms in total. The van der Waals surface area contributed by atoms with Gasteiger partial charge in [0.25, 0.3) is 0 Å². The molecule has 2 rings (SSSR count). The number of hydrogen-bond acceptors (Lipinski definition) is 3. The van der Waals surface area contributed by atoms with Crippen molar-refractivity contribution in [1.82, 2.24) is 9.97 Å². The lowest BCUT2D eigenvalue weighted by atomic mass is 10.4. The van der Waals surface area contributed by atoms with Crippen LogP contribution >= 0.6 is 39.0 Å². The summed E-state index contributed by atoms with van der Waals surface area (Å²) in [6, 6.07) is 2.14. The van der Waals surface area contributed by atoms with Gasteiger partial charge < -0.3 is 4.98 Å². The molecule has 0 aromatic carbocycles. The van der Waals surface area contributed by atoms with E-state index in [9.17, 15) is 0 Å². The molecule has 5 heteroatoms. The van der Waals surface area contributed by atoms with E-state index >= 15 is 0 Å². The second kappa shape index (κ2) is 4.30. The van der Waals surface area contributed by atoms with Gasteiger partial charge in [0.15, 0.2) is 5.16 Å². The third-order valence-corrected chi connectivity index (χ3v) is 4.00. The maximum absolute atomic E-state index is 4.14. The van der Waals surface area contributed by atoms with Gasteiger partial charge in [0.05, 0.1) is 3.79 Å². The highest BCUT2D eigenvalue weighted by Gasteiger charge is 1.99. The first-order chi connectivity index (χ1) is 6.34. The van der Waals surface area contributed by atoms with Gasteiger partial charge in [-0.3, -0.25) is 0 Å². The van der Waals surface area contributed by atoms with E-state index in [1.54, 1.807) is 29.3 Å². The Kier molecular flexibility index (Phi) is 3.08. The zero-order chi connectivity index (χ0) is 9.10. The van der Waals surface area contributed by atoms with E-state index in [0.717, 1.165) is 10.9 Å². The second-order valence-electron chi connectivity index (χ2n) is 2.44. The molecule has 2 aromatic rings. The molecule has 0 amide bonds. The first-order valence-electron chi connectivity index (χ1n) is 3.70. The summed E-state index contributed by atoms with van der Waals surface area (Å²) in [4.78, 5) is 7.19.